The highest BCUT2D eigenvalue weighted by molar-refractivity contribution is 5.51. The summed E-state index contributed by atoms with van der Waals surface area (Å²) in [6.45, 7) is 9.14. The molecule has 0 unspecified atom stereocenters. The van der Waals surface area contributed by atoms with Crippen LogP contribution in [0.5, 0.6) is 0 Å². The molecule has 0 amide bonds. The Labute approximate surface area is 136 Å². The summed E-state index contributed by atoms with van der Waals surface area (Å²) in [6.07, 6.45) is 0. The Bertz CT molecular complexity index is 835. The summed E-state index contributed by atoms with van der Waals surface area (Å²) in [5, 5.41) is 15.1. The molecule has 5 heteroatoms. The van der Waals surface area contributed by atoms with Crippen LogP contribution in [-0.2, 0) is 6.54 Å². The molecule has 0 spiro atoms. The molecule has 1 heterocycles. The number of benzene rings is 2. The third kappa shape index (κ3) is 3.23. The van der Waals surface area contributed by atoms with Gasteiger partial charge in [0.05, 0.1) is 5.69 Å². The van der Waals surface area contributed by atoms with Gasteiger partial charge < -0.3 is 5.32 Å². The minimum atomic E-state index is 0.771. The number of hydrogen-bond acceptors (Lipinski definition) is 4. The molecule has 1 N–H and O–H groups in total. The predicted molar refractivity (Wildman–Crippen MR) is 91.9 cm³/mol. The van der Waals surface area contributed by atoms with Gasteiger partial charge in [0.2, 0.25) is 0 Å². The van der Waals surface area contributed by atoms with Crippen molar-refractivity contribution < 1.29 is 0 Å². The molecule has 3 rings (SSSR count). The van der Waals surface area contributed by atoms with Crippen molar-refractivity contribution in [2.75, 3.05) is 5.32 Å². The molecule has 0 radical (unpaired) electrons. The summed E-state index contributed by atoms with van der Waals surface area (Å²) in [7, 11) is 0. The zero-order chi connectivity index (χ0) is 16.4. The molecule has 0 aliphatic rings. The maximum Gasteiger partial charge on any atom is 0.153 e. The van der Waals surface area contributed by atoms with Gasteiger partial charge in [0.1, 0.15) is 0 Å². The zero-order valence-electron chi connectivity index (χ0n) is 14.0. The van der Waals surface area contributed by atoms with Crippen LogP contribution in [0.1, 0.15) is 28.1 Å². The van der Waals surface area contributed by atoms with E-state index in [9.17, 15) is 0 Å². The lowest BCUT2D eigenvalue weighted by Gasteiger charge is -2.12. The van der Waals surface area contributed by atoms with E-state index in [1.54, 1.807) is 4.68 Å². The highest BCUT2D eigenvalue weighted by atomic mass is 15.5. The highest BCUT2D eigenvalue weighted by Crippen LogP contribution is 2.19. The van der Waals surface area contributed by atoms with E-state index in [0.29, 0.717) is 0 Å². The number of tetrazole rings is 1. The third-order valence-corrected chi connectivity index (χ3v) is 4.15. The second kappa shape index (κ2) is 6.20. The highest BCUT2D eigenvalue weighted by Gasteiger charge is 2.05. The topological polar surface area (TPSA) is 55.6 Å². The maximum atomic E-state index is 4.01. The number of rotatable bonds is 4. The lowest BCUT2D eigenvalue weighted by molar-refractivity contribution is 0.779. The van der Waals surface area contributed by atoms with Crippen molar-refractivity contribution in [3.63, 3.8) is 0 Å². The van der Waals surface area contributed by atoms with E-state index in [1.807, 2.05) is 19.1 Å². The van der Waals surface area contributed by atoms with E-state index in [1.165, 1.54) is 22.3 Å². The van der Waals surface area contributed by atoms with Crippen LogP contribution in [0.2, 0.25) is 0 Å². The van der Waals surface area contributed by atoms with Gasteiger partial charge in [-0.05, 0) is 78.6 Å². The molecule has 0 aliphatic heterocycles. The summed E-state index contributed by atoms with van der Waals surface area (Å²) in [5.41, 5.74) is 7.29. The maximum absolute atomic E-state index is 4.01. The zero-order valence-corrected chi connectivity index (χ0v) is 14.0. The molecular weight excluding hydrogens is 286 g/mol. The fourth-order valence-corrected chi connectivity index (χ4v) is 2.63. The predicted octanol–water partition coefficient (Wildman–Crippen LogP) is 3.51. The minimum absolute atomic E-state index is 0.771. The van der Waals surface area contributed by atoms with Gasteiger partial charge in [-0.1, -0.05) is 18.2 Å². The van der Waals surface area contributed by atoms with Crippen LogP contribution in [0.3, 0.4) is 0 Å². The Morgan fingerprint density at radius 3 is 2.48 bits per heavy atom. The molecule has 23 heavy (non-hydrogen) atoms. The van der Waals surface area contributed by atoms with Crippen molar-refractivity contribution >= 4 is 5.69 Å². The average Bonchev–Trinajstić information content (AvgIpc) is 2.96. The Hall–Kier alpha value is -2.69. The number of hydrogen-bond donors (Lipinski definition) is 1. The van der Waals surface area contributed by atoms with E-state index < -0.39 is 0 Å². The first-order valence-corrected chi connectivity index (χ1v) is 7.70. The Kier molecular flexibility index (Phi) is 4.10. The lowest BCUT2D eigenvalue weighted by atomic mass is 10.0. The van der Waals surface area contributed by atoms with Gasteiger partial charge in [-0.25, -0.2) is 0 Å². The molecule has 0 aliphatic carbocycles. The molecule has 1 aromatic heterocycles. The Balaban J connectivity index is 1.79. The van der Waals surface area contributed by atoms with Gasteiger partial charge in [0.15, 0.2) is 5.82 Å². The second-order valence-electron chi connectivity index (χ2n) is 5.90. The summed E-state index contributed by atoms with van der Waals surface area (Å²) in [4.78, 5) is 0. The molecule has 2 aromatic carbocycles. The minimum Gasteiger partial charge on any atom is -0.381 e. The van der Waals surface area contributed by atoms with Crippen molar-refractivity contribution in [1.29, 1.82) is 0 Å². The first-order valence-electron chi connectivity index (χ1n) is 7.70. The molecule has 0 atom stereocenters. The summed E-state index contributed by atoms with van der Waals surface area (Å²) < 4.78 is 1.73. The van der Waals surface area contributed by atoms with E-state index >= 15 is 0 Å². The molecule has 5 nitrogen and oxygen atoms in total. The summed E-state index contributed by atoms with van der Waals surface area (Å²) in [6, 6.07) is 12.6. The Morgan fingerprint density at radius 1 is 0.957 bits per heavy atom. The Morgan fingerprint density at radius 2 is 1.74 bits per heavy atom. The number of anilines is 1. The van der Waals surface area contributed by atoms with Crippen molar-refractivity contribution in [3.8, 4) is 5.69 Å². The van der Waals surface area contributed by atoms with Gasteiger partial charge in [0.25, 0.3) is 0 Å². The summed E-state index contributed by atoms with van der Waals surface area (Å²) >= 11 is 0. The molecule has 0 bridgehead atoms. The average molecular weight is 307 g/mol. The van der Waals surface area contributed by atoms with E-state index in [4.69, 9.17) is 0 Å². The van der Waals surface area contributed by atoms with Gasteiger partial charge in [0, 0.05) is 12.2 Å². The number of nitrogens with zero attached hydrogens (tertiary/aromatic N) is 4. The van der Waals surface area contributed by atoms with E-state index in [0.717, 1.165) is 23.7 Å². The quantitative estimate of drug-likeness (QED) is 0.801. The van der Waals surface area contributed by atoms with E-state index in [2.05, 4.69) is 65.9 Å². The molecule has 3 aromatic rings. The largest absolute Gasteiger partial charge is 0.381 e. The summed E-state index contributed by atoms with van der Waals surface area (Å²) in [5.74, 6) is 0.771. The first-order chi connectivity index (χ1) is 11.0. The number of nitrogens with one attached hydrogen (secondary N) is 1. The molecule has 0 saturated carbocycles. The standard InChI is InChI=1S/C18H21N5/c1-12-8-14(3)16(9-13(12)2)11-19-17-6-5-7-18(10-17)23-15(4)20-21-22-23/h5-10,19H,11H2,1-4H3. The molecule has 118 valence electrons. The van der Waals surface area contributed by atoms with Crippen LogP contribution in [0.25, 0.3) is 5.69 Å². The fraction of sp³-hybridized carbons (Fsp3) is 0.278. The van der Waals surface area contributed by atoms with Crippen LogP contribution < -0.4 is 5.32 Å². The van der Waals surface area contributed by atoms with Gasteiger partial charge in [-0.2, -0.15) is 4.68 Å². The second-order valence-corrected chi connectivity index (χ2v) is 5.90. The van der Waals surface area contributed by atoms with Crippen molar-refractivity contribution in [2.24, 2.45) is 0 Å². The number of aromatic nitrogens is 4. The molecule has 0 fully saturated rings. The van der Waals surface area contributed by atoms with Gasteiger partial charge in [-0.3, -0.25) is 0 Å². The number of aryl methyl sites for hydroxylation is 4. The smallest absolute Gasteiger partial charge is 0.153 e. The van der Waals surface area contributed by atoms with Crippen LogP contribution in [0.15, 0.2) is 36.4 Å². The molecular formula is C18H21N5. The van der Waals surface area contributed by atoms with Crippen molar-refractivity contribution in [2.45, 2.75) is 34.2 Å². The van der Waals surface area contributed by atoms with Crippen molar-refractivity contribution in [3.05, 3.63) is 64.5 Å². The van der Waals surface area contributed by atoms with Crippen LogP contribution >= 0.6 is 0 Å². The fourth-order valence-electron chi connectivity index (χ4n) is 2.63. The normalized spacial score (nSPS) is 10.8. The van der Waals surface area contributed by atoms with Crippen LogP contribution in [0.4, 0.5) is 5.69 Å². The van der Waals surface area contributed by atoms with Gasteiger partial charge in [-0.15, -0.1) is 5.10 Å². The van der Waals surface area contributed by atoms with Crippen LogP contribution in [0, 0.1) is 27.7 Å². The lowest BCUT2D eigenvalue weighted by Crippen LogP contribution is -2.04. The first kappa shape index (κ1) is 15.2. The van der Waals surface area contributed by atoms with E-state index in [-0.39, 0.29) is 0 Å². The van der Waals surface area contributed by atoms with Crippen molar-refractivity contribution in [1.82, 2.24) is 20.2 Å². The monoisotopic (exact) mass is 307 g/mol. The van der Waals surface area contributed by atoms with Gasteiger partial charge >= 0.3 is 0 Å². The third-order valence-electron chi connectivity index (χ3n) is 4.15. The molecule has 0 saturated heterocycles. The SMILES string of the molecule is Cc1cc(C)c(CNc2cccc(-n3nnnc3C)c2)cc1C. The van der Waals surface area contributed by atoms with Crippen LogP contribution in [-0.4, -0.2) is 20.2 Å².